The van der Waals surface area contributed by atoms with Crippen LogP contribution in [0.5, 0.6) is 0 Å². The molecule has 1 heterocycles. The first kappa shape index (κ1) is 19.3. The normalized spacial score (nSPS) is 12.8. The van der Waals surface area contributed by atoms with Crippen molar-refractivity contribution in [2.75, 3.05) is 13.1 Å². The second kappa shape index (κ2) is 8.04. The van der Waals surface area contributed by atoms with Gasteiger partial charge in [0.05, 0.1) is 11.1 Å². The van der Waals surface area contributed by atoms with E-state index in [1.54, 1.807) is 36.4 Å². The van der Waals surface area contributed by atoms with Gasteiger partial charge >= 0.3 is 0 Å². The highest BCUT2D eigenvalue weighted by Gasteiger charge is 2.35. The van der Waals surface area contributed by atoms with Gasteiger partial charge in [0.2, 0.25) is 11.8 Å². The molecule has 2 aromatic rings. The third-order valence-corrected chi connectivity index (χ3v) is 4.64. The molecule has 4 amide bonds. The maximum atomic E-state index is 12.4. The average molecular weight is 379 g/mol. The lowest BCUT2D eigenvalue weighted by Gasteiger charge is -2.13. The zero-order chi connectivity index (χ0) is 20.3. The molecule has 7 nitrogen and oxygen atoms in total. The lowest BCUT2D eigenvalue weighted by Crippen LogP contribution is -2.35. The first-order chi connectivity index (χ1) is 13.4. The van der Waals surface area contributed by atoms with Crippen molar-refractivity contribution in [2.45, 2.75) is 19.8 Å². The number of nitrogens with one attached hydrogen (secondary N) is 1. The summed E-state index contributed by atoms with van der Waals surface area (Å²) >= 11 is 0. The van der Waals surface area contributed by atoms with Crippen LogP contribution in [0.1, 0.15) is 48.6 Å². The lowest BCUT2D eigenvalue weighted by molar-refractivity contribution is -0.121. The molecule has 0 saturated carbocycles. The predicted molar refractivity (Wildman–Crippen MR) is 103 cm³/mol. The molecule has 3 rings (SSSR count). The van der Waals surface area contributed by atoms with Gasteiger partial charge in [-0.2, -0.15) is 0 Å². The fourth-order valence-corrected chi connectivity index (χ4v) is 3.14. The molecule has 3 N–H and O–H groups in total. The third kappa shape index (κ3) is 4.09. The number of rotatable bonds is 7. The number of nitrogens with two attached hydrogens (primary N) is 1. The minimum atomic E-state index is -0.498. The van der Waals surface area contributed by atoms with Crippen molar-refractivity contribution >= 4 is 23.6 Å². The van der Waals surface area contributed by atoms with E-state index in [-0.39, 0.29) is 30.7 Å². The second-order valence-corrected chi connectivity index (χ2v) is 6.73. The standard InChI is InChI=1S/C21H21N3O4/c1-13-5-6-16-17(11-13)21(28)24(20(16)27)10-8-18(25)23-9-7-14-3-2-4-15(12-14)19(22)26/h2-6,11-12H,7-10H2,1H3,(H2,22,26)(H,23,25). The minimum absolute atomic E-state index is 0.0335. The molecule has 0 spiro atoms. The molecule has 2 aromatic carbocycles. The summed E-state index contributed by atoms with van der Waals surface area (Å²) < 4.78 is 0. The minimum Gasteiger partial charge on any atom is -0.366 e. The van der Waals surface area contributed by atoms with Gasteiger partial charge < -0.3 is 11.1 Å². The quantitative estimate of drug-likeness (QED) is 0.709. The Morgan fingerprint density at radius 3 is 2.54 bits per heavy atom. The predicted octanol–water partition coefficient (Wildman–Crippen LogP) is 1.44. The largest absolute Gasteiger partial charge is 0.366 e. The van der Waals surface area contributed by atoms with Crippen LogP contribution in [0.2, 0.25) is 0 Å². The smallest absolute Gasteiger partial charge is 0.261 e. The highest BCUT2D eigenvalue weighted by Crippen LogP contribution is 2.23. The summed E-state index contributed by atoms with van der Waals surface area (Å²) in [6.07, 6.45) is 0.574. The summed E-state index contributed by atoms with van der Waals surface area (Å²) in [7, 11) is 0. The Bertz CT molecular complexity index is 968. The molecule has 0 unspecified atom stereocenters. The van der Waals surface area contributed by atoms with Gasteiger partial charge in [0, 0.05) is 25.1 Å². The van der Waals surface area contributed by atoms with Crippen molar-refractivity contribution in [3.05, 3.63) is 70.3 Å². The summed E-state index contributed by atoms with van der Waals surface area (Å²) in [6.45, 7) is 2.27. The van der Waals surface area contributed by atoms with Crippen LogP contribution in [0.3, 0.4) is 0 Å². The molecule has 1 aliphatic rings. The van der Waals surface area contributed by atoms with Gasteiger partial charge in [-0.05, 0) is 43.2 Å². The van der Waals surface area contributed by atoms with Gasteiger partial charge in [0.15, 0.2) is 0 Å². The van der Waals surface area contributed by atoms with E-state index in [0.29, 0.717) is 29.7 Å². The fourth-order valence-electron chi connectivity index (χ4n) is 3.14. The monoisotopic (exact) mass is 379 g/mol. The molecule has 1 aliphatic heterocycles. The van der Waals surface area contributed by atoms with E-state index in [4.69, 9.17) is 5.73 Å². The first-order valence-corrected chi connectivity index (χ1v) is 8.99. The highest BCUT2D eigenvalue weighted by molar-refractivity contribution is 6.21. The maximum absolute atomic E-state index is 12.4. The molecule has 0 radical (unpaired) electrons. The van der Waals surface area contributed by atoms with Crippen molar-refractivity contribution in [1.82, 2.24) is 10.2 Å². The van der Waals surface area contributed by atoms with Crippen LogP contribution in [0.4, 0.5) is 0 Å². The summed E-state index contributed by atoms with van der Waals surface area (Å²) in [5.74, 6) is -1.48. The number of fused-ring (bicyclic) bond motifs is 1. The number of carbonyl (C=O) groups is 4. The summed E-state index contributed by atoms with van der Waals surface area (Å²) in [5, 5.41) is 2.76. The molecule has 0 atom stereocenters. The van der Waals surface area contributed by atoms with Gasteiger partial charge in [-0.25, -0.2) is 0 Å². The molecular formula is C21H21N3O4. The van der Waals surface area contributed by atoms with Crippen LogP contribution in [0, 0.1) is 6.92 Å². The van der Waals surface area contributed by atoms with Crippen molar-refractivity contribution in [3.8, 4) is 0 Å². The third-order valence-electron chi connectivity index (χ3n) is 4.64. The number of nitrogens with zero attached hydrogens (tertiary/aromatic N) is 1. The van der Waals surface area contributed by atoms with E-state index in [0.717, 1.165) is 16.0 Å². The second-order valence-electron chi connectivity index (χ2n) is 6.73. The van der Waals surface area contributed by atoms with E-state index < -0.39 is 5.91 Å². The summed E-state index contributed by atoms with van der Waals surface area (Å²) in [6, 6.07) is 12.0. The Hall–Kier alpha value is -3.48. The molecule has 0 bridgehead atoms. The number of hydrogen-bond acceptors (Lipinski definition) is 4. The Labute approximate surface area is 162 Å². The van der Waals surface area contributed by atoms with E-state index in [9.17, 15) is 19.2 Å². The number of hydrogen-bond donors (Lipinski definition) is 2. The molecule has 0 aromatic heterocycles. The van der Waals surface area contributed by atoms with E-state index >= 15 is 0 Å². The average Bonchev–Trinajstić information content (AvgIpc) is 2.90. The van der Waals surface area contributed by atoms with E-state index in [1.807, 2.05) is 13.0 Å². The van der Waals surface area contributed by atoms with Gasteiger partial charge in [0.25, 0.3) is 11.8 Å². The molecule has 144 valence electrons. The Morgan fingerprint density at radius 1 is 1.04 bits per heavy atom. The zero-order valence-electron chi connectivity index (χ0n) is 15.5. The van der Waals surface area contributed by atoms with Gasteiger partial charge in [-0.15, -0.1) is 0 Å². The maximum Gasteiger partial charge on any atom is 0.261 e. The van der Waals surface area contributed by atoms with Crippen molar-refractivity contribution in [1.29, 1.82) is 0 Å². The molecule has 0 saturated heterocycles. The molecule has 7 heteroatoms. The molecular weight excluding hydrogens is 358 g/mol. The zero-order valence-corrected chi connectivity index (χ0v) is 15.5. The van der Waals surface area contributed by atoms with Crippen molar-refractivity contribution in [2.24, 2.45) is 5.73 Å². The fraction of sp³-hybridized carbons (Fsp3) is 0.238. The van der Waals surface area contributed by atoms with E-state index in [1.165, 1.54) is 0 Å². The van der Waals surface area contributed by atoms with Crippen LogP contribution >= 0.6 is 0 Å². The highest BCUT2D eigenvalue weighted by atomic mass is 16.2. The number of amides is 4. The van der Waals surface area contributed by atoms with Gasteiger partial charge in [0.1, 0.15) is 0 Å². The van der Waals surface area contributed by atoms with Crippen molar-refractivity contribution in [3.63, 3.8) is 0 Å². The van der Waals surface area contributed by atoms with Crippen molar-refractivity contribution < 1.29 is 19.2 Å². The number of primary amides is 1. The lowest BCUT2D eigenvalue weighted by atomic mass is 10.1. The Morgan fingerprint density at radius 2 is 1.79 bits per heavy atom. The first-order valence-electron chi connectivity index (χ1n) is 8.99. The number of carbonyl (C=O) groups excluding carboxylic acids is 4. The van der Waals surface area contributed by atoms with E-state index in [2.05, 4.69) is 5.32 Å². The summed E-state index contributed by atoms with van der Waals surface area (Å²) in [5.41, 5.74) is 8.23. The number of aryl methyl sites for hydroxylation is 1. The summed E-state index contributed by atoms with van der Waals surface area (Å²) in [4.78, 5) is 49.1. The number of benzene rings is 2. The Balaban J connectivity index is 1.49. The Kier molecular flexibility index (Phi) is 5.54. The van der Waals surface area contributed by atoms with Crippen LogP contribution < -0.4 is 11.1 Å². The van der Waals surface area contributed by atoms with Gasteiger partial charge in [-0.1, -0.05) is 23.8 Å². The topological polar surface area (TPSA) is 110 Å². The molecule has 0 fully saturated rings. The molecule has 28 heavy (non-hydrogen) atoms. The van der Waals surface area contributed by atoms with Gasteiger partial charge in [-0.3, -0.25) is 24.1 Å². The molecule has 0 aliphatic carbocycles. The SMILES string of the molecule is Cc1ccc2c(c1)C(=O)N(CCC(=O)NCCc1cccc(C(N)=O)c1)C2=O. The van der Waals surface area contributed by atoms with Crippen LogP contribution in [-0.4, -0.2) is 41.6 Å². The van der Waals surface area contributed by atoms with Crippen LogP contribution in [0.15, 0.2) is 42.5 Å². The van der Waals surface area contributed by atoms with Crippen LogP contribution in [-0.2, 0) is 11.2 Å². The van der Waals surface area contributed by atoms with Crippen LogP contribution in [0.25, 0.3) is 0 Å². The number of imide groups is 1.